The molecule has 0 saturated heterocycles. The van der Waals surface area contributed by atoms with Gasteiger partial charge >= 0.3 is 23.9 Å². The van der Waals surface area contributed by atoms with Gasteiger partial charge in [0.1, 0.15) is 6.61 Å². The number of hydrogen-bond acceptors (Lipinski definition) is 11. The molecule has 13 heteroatoms. The first kappa shape index (κ1) is 26.0. The molecule has 13 nitrogen and oxygen atoms in total. The molecule has 1 aromatic rings. The zero-order valence-electron chi connectivity index (χ0n) is 17.7. The summed E-state index contributed by atoms with van der Waals surface area (Å²) >= 11 is 0. The number of anilines is 1. The number of carbonyl (C=O) groups excluding carboxylic acids is 5. The average Bonchev–Trinajstić information content (AvgIpc) is 2.67. The Balaban J connectivity index is 3.27. The summed E-state index contributed by atoms with van der Waals surface area (Å²) in [5.41, 5.74) is -0.128. The van der Waals surface area contributed by atoms with Gasteiger partial charge in [0.25, 0.3) is 11.6 Å². The van der Waals surface area contributed by atoms with E-state index in [9.17, 15) is 34.1 Å². The van der Waals surface area contributed by atoms with Crippen molar-refractivity contribution in [1.82, 2.24) is 0 Å². The normalized spacial score (nSPS) is 13.0. The molecule has 3 atom stereocenters. The largest absolute Gasteiger partial charge is 0.462 e. The highest BCUT2D eigenvalue weighted by molar-refractivity contribution is 5.96. The summed E-state index contributed by atoms with van der Waals surface area (Å²) in [6.45, 7) is 3.50. The van der Waals surface area contributed by atoms with E-state index in [4.69, 9.17) is 18.9 Å². The second-order valence-electron chi connectivity index (χ2n) is 6.35. The molecule has 0 aliphatic rings. The van der Waals surface area contributed by atoms with Crippen molar-refractivity contribution in [1.29, 1.82) is 0 Å². The van der Waals surface area contributed by atoms with E-state index in [1.54, 1.807) is 0 Å². The van der Waals surface area contributed by atoms with Gasteiger partial charge in [0.05, 0.1) is 4.92 Å². The van der Waals surface area contributed by atoms with Crippen molar-refractivity contribution in [3.05, 3.63) is 34.4 Å². The van der Waals surface area contributed by atoms with Crippen LogP contribution in [0.15, 0.2) is 24.3 Å². The molecule has 0 aromatic heterocycles. The Hall–Kier alpha value is -4.03. The number of nitro groups is 1. The molecule has 1 amide bonds. The first-order valence-corrected chi connectivity index (χ1v) is 9.11. The standard InChI is InChI=1S/C19H22N2O11/c1-10(22)29-9-16(30-11(2)23)17(31-12(3)24)18(32-13(4)25)19(26)20-14-5-7-15(8-6-14)21(27)28/h5-8,16-18H,9H2,1-4H3,(H,20,26)/t16-,17-,18+/m1/s1. The smallest absolute Gasteiger partial charge is 0.303 e. The topological polar surface area (TPSA) is 177 Å². The first-order chi connectivity index (χ1) is 14.9. The molecule has 0 spiro atoms. The number of non-ortho nitro benzene ring substituents is 1. The van der Waals surface area contributed by atoms with E-state index in [0.717, 1.165) is 39.8 Å². The third kappa shape index (κ3) is 8.77. The van der Waals surface area contributed by atoms with E-state index in [-0.39, 0.29) is 11.4 Å². The molecule has 0 bridgehead atoms. The number of nitro benzene ring substituents is 1. The molecule has 0 fully saturated rings. The lowest BCUT2D eigenvalue weighted by Gasteiger charge is -2.30. The van der Waals surface area contributed by atoms with E-state index < -0.39 is 59.6 Å². The molecule has 0 unspecified atom stereocenters. The fourth-order valence-corrected chi connectivity index (χ4v) is 2.46. The van der Waals surface area contributed by atoms with Crippen LogP contribution in [0.3, 0.4) is 0 Å². The number of rotatable bonds is 10. The van der Waals surface area contributed by atoms with E-state index in [1.807, 2.05) is 0 Å². The monoisotopic (exact) mass is 454 g/mol. The van der Waals surface area contributed by atoms with Gasteiger partial charge in [-0.2, -0.15) is 0 Å². The highest BCUT2D eigenvalue weighted by Gasteiger charge is 2.42. The summed E-state index contributed by atoms with van der Waals surface area (Å²) in [6.07, 6.45) is -5.00. The average molecular weight is 454 g/mol. The fraction of sp³-hybridized carbons (Fsp3) is 0.421. The lowest BCUT2D eigenvalue weighted by atomic mass is 10.1. The van der Waals surface area contributed by atoms with Gasteiger partial charge in [0, 0.05) is 45.5 Å². The molecular formula is C19H22N2O11. The number of esters is 4. The van der Waals surface area contributed by atoms with Gasteiger partial charge in [-0.05, 0) is 12.1 Å². The maximum Gasteiger partial charge on any atom is 0.303 e. The third-order valence-corrected chi connectivity index (χ3v) is 3.63. The Morgan fingerprint density at radius 2 is 1.41 bits per heavy atom. The van der Waals surface area contributed by atoms with Crippen molar-refractivity contribution in [3.8, 4) is 0 Å². The number of hydrogen-bond donors (Lipinski definition) is 1. The van der Waals surface area contributed by atoms with E-state index in [1.165, 1.54) is 12.1 Å². The van der Waals surface area contributed by atoms with Crippen LogP contribution in [0.4, 0.5) is 11.4 Å². The minimum absolute atomic E-state index is 0.100. The van der Waals surface area contributed by atoms with Crippen LogP contribution in [-0.2, 0) is 42.9 Å². The highest BCUT2D eigenvalue weighted by atomic mass is 16.6. The number of benzene rings is 1. The molecule has 0 aliphatic heterocycles. The molecule has 0 saturated carbocycles. The van der Waals surface area contributed by atoms with E-state index in [0.29, 0.717) is 0 Å². The van der Waals surface area contributed by atoms with Crippen LogP contribution in [0.2, 0.25) is 0 Å². The van der Waals surface area contributed by atoms with Crippen LogP contribution in [-0.4, -0.2) is 59.6 Å². The van der Waals surface area contributed by atoms with Gasteiger partial charge in [0.15, 0.2) is 12.2 Å². The molecule has 1 rings (SSSR count). The Morgan fingerprint density at radius 1 is 0.875 bits per heavy atom. The molecule has 0 heterocycles. The van der Waals surface area contributed by atoms with Gasteiger partial charge in [-0.3, -0.25) is 34.1 Å². The minimum Gasteiger partial charge on any atom is -0.462 e. The van der Waals surface area contributed by atoms with Gasteiger partial charge in [0.2, 0.25) is 6.10 Å². The number of nitrogens with one attached hydrogen (secondary N) is 1. The predicted octanol–water partition coefficient (Wildman–Crippen LogP) is 0.892. The maximum atomic E-state index is 12.9. The molecular weight excluding hydrogens is 432 g/mol. The van der Waals surface area contributed by atoms with Crippen LogP contribution in [0.1, 0.15) is 27.7 Å². The quantitative estimate of drug-likeness (QED) is 0.230. The summed E-state index contributed by atoms with van der Waals surface area (Å²) in [6, 6.07) is 4.71. The van der Waals surface area contributed by atoms with Crippen molar-refractivity contribution in [2.45, 2.75) is 46.0 Å². The van der Waals surface area contributed by atoms with E-state index >= 15 is 0 Å². The number of ether oxygens (including phenoxy) is 4. The lowest BCUT2D eigenvalue weighted by molar-refractivity contribution is -0.384. The minimum atomic E-state index is -1.83. The number of amides is 1. The molecule has 0 aliphatic carbocycles. The highest BCUT2D eigenvalue weighted by Crippen LogP contribution is 2.19. The van der Waals surface area contributed by atoms with Gasteiger partial charge in [-0.25, -0.2) is 0 Å². The van der Waals surface area contributed by atoms with Gasteiger partial charge in [-0.15, -0.1) is 0 Å². The Kier molecular flexibility index (Phi) is 9.73. The molecule has 0 radical (unpaired) electrons. The Bertz CT molecular complexity index is 882. The SMILES string of the molecule is CC(=O)OC[C@@H](OC(C)=O)[C@@H](OC(C)=O)[C@H](OC(C)=O)C(=O)Nc1ccc([N+](=O)[O-])cc1. The molecule has 174 valence electrons. The van der Waals surface area contributed by atoms with Crippen LogP contribution in [0.25, 0.3) is 0 Å². The summed E-state index contributed by atoms with van der Waals surface area (Å²) in [7, 11) is 0. The van der Waals surface area contributed by atoms with Crippen molar-refractivity contribution in [2.24, 2.45) is 0 Å². The lowest BCUT2D eigenvalue weighted by Crippen LogP contribution is -2.52. The van der Waals surface area contributed by atoms with E-state index in [2.05, 4.69) is 5.32 Å². The molecule has 1 N–H and O–H groups in total. The first-order valence-electron chi connectivity index (χ1n) is 9.11. The van der Waals surface area contributed by atoms with Crippen LogP contribution in [0.5, 0.6) is 0 Å². The second kappa shape index (κ2) is 12.0. The zero-order chi connectivity index (χ0) is 24.4. The third-order valence-electron chi connectivity index (χ3n) is 3.63. The van der Waals surface area contributed by atoms with Gasteiger partial charge < -0.3 is 24.3 Å². The maximum absolute atomic E-state index is 12.9. The summed E-state index contributed by atoms with van der Waals surface area (Å²) < 4.78 is 19.9. The Labute approximate surface area is 182 Å². The summed E-state index contributed by atoms with van der Waals surface area (Å²) in [4.78, 5) is 69.0. The Morgan fingerprint density at radius 3 is 1.84 bits per heavy atom. The van der Waals surface area contributed by atoms with Crippen molar-refractivity contribution in [2.75, 3.05) is 11.9 Å². The summed E-state index contributed by atoms with van der Waals surface area (Å²) in [5, 5.41) is 13.1. The van der Waals surface area contributed by atoms with Crippen LogP contribution < -0.4 is 5.32 Å². The molecule has 32 heavy (non-hydrogen) atoms. The number of carbonyl (C=O) groups is 5. The number of nitrogens with zero attached hydrogens (tertiary/aromatic N) is 1. The van der Waals surface area contributed by atoms with Crippen molar-refractivity contribution >= 4 is 41.2 Å². The predicted molar refractivity (Wildman–Crippen MR) is 105 cm³/mol. The van der Waals surface area contributed by atoms with Crippen LogP contribution in [0, 0.1) is 10.1 Å². The van der Waals surface area contributed by atoms with Crippen LogP contribution >= 0.6 is 0 Å². The van der Waals surface area contributed by atoms with Crippen molar-refractivity contribution in [3.63, 3.8) is 0 Å². The molecule has 1 aromatic carbocycles. The van der Waals surface area contributed by atoms with Gasteiger partial charge in [-0.1, -0.05) is 0 Å². The summed E-state index contributed by atoms with van der Waals surface area (Å²) in [5.74, 6) is -4.43. The second-order valence-corrected chi connectivity index (χ2v) is 6.35. The van der Waals surface area contributed by atoms with Crippen molar-refractivity contribution < 1.29 is 47.8 Å². The fourth-order valence-electron chi connectivity index (χ4n) is 2.46. The zero-order valence-corrected chi connectivity index (χ0v) is 17.7.